The second-order valence-electron chi connectivity index (χ2n) is 5.26. The first kappa shape index (κ1) is 15.6. The molecule has 0 radical (unpaired) electrons. The van der Waals surface area contributed by atoms with Gasteiger partial charge in [0, 0.05) is 36.3 Å². The van der Waals surface area contributed by atoms with Gasteiger partial charge in [0.05, 0.1) is 0 Å². The molecule has 0 saturated carbocycles. The summed E-state index contributed by atoms with van der Waals surface area (Å²) in [6.45, 7) is 2.19. The number of carbonyl (C=O) groups is 1. The summed E-state index contributed by atoms with van der Waals surface area (Å²) < 4.78 is 0. The quantitative estimate of drug-likeness (QED) is 0.678. The van der Waals surface area contributed by atoms with E-state index in [9.17, 15) is 4.79 Å². The lowest BCUT2D eigenvalue weighted by Gasteiger charge is -2.09. The second kappa shape index (κ2) is 7.32. The lowest BCUT2D eigenvalue weighted by Crippen LogP contribution is -2.03. The molecule has 0 amide bonds. The van der Waals surface area contributed by atoms with E-state index in [2.05, 4.69) is 25.6 Å². The van der Waals surface area contributed by atoms with Crippen LogP contribution >= 0.6 is 0 Å². The minimum atomic E-state index is 0.0467. The Balaban J connectivity index is 1.65. The molecule has 6 heteroatoms. The Kier molecular flexibility index (Phi) is 4.76. The molecule has 0 aliphatic rings. The highest BCUT2D eigenvalue weighted by atomic mass is 16.1. The van der Waals surface area contributed by atoms with E-state index in [0.717, 1.165) is 17.1 Å². The molecule has 24 heavy (non-hydrogen) atoms. The van der Waals surface area contributed by atoms with Crippen molar-refractivity contribution in [1.82, 2.24) is 15.0 Å². The number of ketones is 1. The molecule has 0 fully saturated rings. The summed E-state index contributed by atoms with van der Waals surface area (Å²) in [6, 6.07) is 13.0. The number of benzene rings is 1. The van der Waals surface area contributed by atoms with Crippen molar-refractivity contribution in [2.75, 3.05) is 10.6 Å². The molecular formula is C18H17N5O. The number of hydrogen-bond acceptors (Lipinski definition) is 6. The number of hydrogen-bond donors (Lipinski definition) is 2. The maximum atomic E-state index is 11.3. The highest BCUT2D eigenvalue weighted by Gasteiger charge is 2.02. The molecule has 120 valence electrons. The van der Waals surface area contributed by atoms with Gasteiger partial charge in [0.1, 0.15) is 18.0 Å². The standard InChI is InChI=1S/C18H17N5O/c1-13(24)15-4-6-16(7-5-15)23-18-9-17(21-12-22-18)20-11-14-3-2-8-19-10-14/h2-10,12H,11H2,1H3,(H2,20,21,22,23). The van der Waals surface area contributed by atoms with Crippen LogP contribution < -0.4 is 10.6 Å². The zero-order chi connectivity index (χ0) is 16.8. The molecule has 0 spiro atoms. The number of pyridine rings is 1. The maximum Gasteiger partial charge on any atom is 0.159 e. The fourth-order valence-electron chi connectivity index (χ4n) is 2.15. The molecule has 0 aliphatic heterocycles. The van der Waals surface area contributed by atoms with Crippen molar-refractivity contribution < 1.29 is 4.79 Å². The first-order valence-electron chi connectivity index (χ1n) is 7.53. The van der Waals surface area contributed by atoms with Gasteiger partial charge >= 0.3 is 0 Å². The van der Waals surface area contributed by atoms with Gasteiger partial charge in [0.15, 0.2) is 5.78 Å². The van der Waals surface area contributed by atoms with E-state index >= 15 is 0 Å². The van der Waals surface area contributed by atoms with Crippen molar-refractivity contribution in [1.29, 1.82) is 0 Å². The predicted octanol–water partition coefficient (Wildman–Crippen LogP) is 3.43. The predicted molar refractivity (Wildman–Crippen MR) is 93.3 cm³/mol. The van der Waals surface area contributed by atoms with E-state index in [1.807, 2.05) is 36.5 Å². The number of nitrogens with zero attached hydrogens (tertiary/aromatic N) is 3. The van der Waals surface area contributed by atoms with E-state index in [1.165, 1.54) is 6.33 Å². The fraction of sp³-hybridized carbons (Fsp3) is 0.111. The third-order valence-corrected chi connectivity index (χ3v) is 3.43. The van der Waals surface area contributed by atoms with Crippen LogP contribution in [-0.2, 0) is 6.54 Å². The summed E-state index contributed by atoms with van der Waals surface area (Å²) in [5.41, 5.74) is 2.62. The Morgan fingerprint density at radius 1 is 1.08 bits per heavy atom. The molecule has 0 bridgehead atoms. The molecule has 1 aromatic carbocycles. The van der Waals surface area contributed by atoms with E-state index < -0.39 is 0 Å². The van der Waals surface area contributed by atoms with Crippen LogP contribution in [-0.4, -0.2) is 20.7 Å². The van der Waals surface area contributed by atoms with Crippen LogP contribution in [0.5, 0.6) is 0 Å². The second-order valence-corrected chi connectivity index (χ2v) is 5.26. The molecule has 2 aromatic heterocycles. The van der Waals surface area contributed by atoms with Crippen LogP contribution in [0.3, 0.4) is 0 Å². The van der Waals surface area contributed by atoms with E-state index in [-0.39, 0.29) is 5.78 Å². The van der Waals surface area contributed by atoms with Gasteiger partial charge in [-0.15, -0.1) is 0 Å². The van der Waals surface area contributed by atoms with Gasteiger partial charge in [-0.25, -0.2) is 9.97 Å². The summed E-state index contributed by atoms with van der Waals surface area (Å²) in [5.74, 6) is 1.44. The molecule has 0 saturated heterocycles. The fourth-order valence-corrected chi connectivity index (χ4v) is 2.15. The number of carbonyl (C=O) groups excluding carboxylic acids is 1. The molecule has 0 unspecified atom stereocenters. The average molecular weight is 319 g/mol. The van der Waals surface area contributed by atoms with Crippen LogP contribution in [0, 0.1) is 0 Å². The Morgan fingerprint density at radius 3 is 2.58 bits per heavy atom. The molecule has 2 N–H and O–H groups in total. The summed E-state index contributed by atoms with van der Waals surface area (Å²) in [6.07, 6.45) is 5.05. The number of anilines is 3. The minimum Gasteiger partial charge on any atom is -0.366 e. The third-order valence-electron chi connectivity index (χ3n) is 3.43. The highest BCUT2D eigenvalue weighted by molar-refractivity contribution is 5.94. The minimum absolute atomic E-state index is 0.0467. The van der Waals surface area contributed by atoms with E-state index in [4.69, 9.17) is 0 Å². The van der Waals surface area contributed by atoms with Gasteiger partial charge in [-0.2, -0.15) is 0 Å². The van der Waals surface area contributed by atoms with Gasteiger partial charge in [0.25, 0.3) is 0 Å². The lowest BCUT2D eigenvalue weighted by atomic mass is 10.1. The Bertz CT molecular complexity index is 818. The highest BCUT2D eigenvalue weighted by Crippen LogP contribution is 2.17. The number of nitrogens with one attached hydrogen (secondary N) is 2. The first-order valence-corrected chi connectivity index (χ1v) is 7.53. The zero-order valence-electron chi connectivity index (χ0n) is 13.2. The van der Waals surface area contributed by atoms with Crippen molar-refractivity contribution in [2.24, 2.45) is 0 Å². The zero-order valence-corrected chi connectivity index (χ0v) is 13.2. The number of Topliss-reactive ketones (excluding diaryl/α,β-unsaturated/α-hetero) is 1. The summed E-state index contributed by atoms with van der Waals surface area (Å²) in [5, 5.41) is 6.43. The van der Waals surface area contributed by atoms with Crippen LogP contribution in [0.1, 0.15) is 22.8 Å². The number of rotatable bonds is 6. The molecule has 3 aromatic rings. The molecular weight excluding hydrogens is 302 g/mol. The molecule has 0 aliphatic carbocycles. The summed E-state index contributed by atoms with van der Waals surface area (Å²) >= 11 is 0. The first-order chi connectivity index (χ1) is 11.7. The van der Waals surface area contributed by atoms with Crippen LogP contribution in [0.15, 0.2) is 61.2 Å². The SMILES string of the molecule is CC(=O)c1ccc(Nc2cc(NCc3cccnc3)ncn2)cc1. The average Bonchev–Trinajstić information content (AvgIpc) is 2.62. The van der Waals surface area contributed by atoms with Crippen molar-refractivity contribution in [2.45, 2.75) is 13.5 Å². The van der Waals surface area contributed by atoms with E-state index in [1.54, 1.807) is 25.3 Å². The topological polar surface area (TPSA) is 79.8 Å². The van der Waals surface area contributed by atoms with Gasteiger partial charge in [-0.1, -0.05) is 6.07 Å². The van der Waals surface area contributed by atoms with Crippen LogP contribution in [0.25, 0.3) is 0 Å². The van der Waals surface area contributed by atoms with Crippen LogP contribution in [0.4, 0.5) is 17.3 Å². The Morgan fingerprint density at radius 2 is 1.88 bits per heavy atom. The molecule has 0 atom stereocenters. The van der Waals surface area contributed by atoms with Crippen molar-refractivity contribution in [3.8, 4) is 0 Å². The van der Waals surface area contributed by atoms with Crippen LogP contribution in [0.2, 0.25) is 0 Å². The molecule has 2 heterocycles. The molecule has 3 rings (SSSR count). The normalized spacial score (nSPS) is 10.2. The van der Waals surface area contributed by atoms with E-state index in [0.29, 0.717) is 17.9 Å². The smallest absolute Gasteiger partial charge is 0.159 e. The Hall–Kier alpha value is -3.28. The third kappa shape index (κ3) is 4.13. The maximum absolute atomic E-state index is 11.3. The van der Waals surface area contributed by atoms with Gasteiger partial charge < -0.3 is 10.6 Å². The van der Waals surface area contributed by atoms with Crippen molar-refractivity contribution >= 4 is 23.1 Å². The van der Waals surface area contributed by atoms with Gasteiger partial charge in [0.2, 0.25) is 0 Å². The Labute approximate surface area is 140 Å². The monoisotopic (exact) mass is 319 g/mol. The summed E-state index contributed by atoms with van der Waals surface area (Å²) in [7, 11) is 0. The largest absolute Gasteiger partial charge is 0.366 e. The number of aromatic nitrogens is 3. The van der Waals surface area contributed by atoms with Crippen molar-refractivity contribution in [3.63, 3.8) is 0 Å². The lowest BCUT2D eigenvalue weighted by molar-refractivity contribution is 0.101. The van der Waals surface area contributed by atoms with Crippen molar-refractivity contribution in [3.05, 3.63) is 72.3 Å². The van der Waals surface area contributed by atoms with Gasteiger partial charge in [-0.05, 0) is 42.8 Å². The van der Waals surface area contributed by atoms with Gasteiger partial charge in [-0.3, -0.25) is 9.78 Å². The molecule has 6 nitrogen and oxygen atoms in total. The summed E-state index contributed by atoms with van der Waals surface area (Å²) in [4.78, 5) is 23.8.